The molecule has 1 aromatic rings. The Bertz CT molecular complexity index is 389. The molecule has 3 nitrogen and oxygen atoms in total. The standard InChI is InChI=1S/C18H30N2O/c1-4-17(18(19-2)16-10-6-5-7-11-16)20(3)13-15-9-8-12-21-14-15/h5-7,10-11,15,17-19H,4,8-9,12-14H2,1-3H3. The number of nitrogens with zero attached hydrogens (tertiary/aromatic N) is 1. The summed E-state index contributed by atoms with van der Waals surface area (Å²) in [6.45, 7) is 5.28. The summed E-state index contributed by atoms with van der Waals surface area (Å²) in [6, 6.07) is 11.7. The molecule has 1 saturated heterocycles. The quantitative estimate of drug-likeness (QED) is 0.835. The minimum atomic E-state index is 0.380. The van der Waals surface area contributed by atoms with Crippen LogP contribution in [0.3, 0.4) is 0 Å². The summed E-state index contributed by atoms with van der Waals surface area (Å²) in [5.41, 5.74) is 1.37. The number of likely N-dealkylation sites (N-methyl/N-ethyl adjacent to an activating group) is 2. The Hall–Kier alpha value is -0.900. The SMILES string of the molecule is CCC(C(NC)c1ccccc1)N(C)CC1CCCOC1. The molecule has 1 aromatic carbocycles. The lowest BCUT2D eigenvalue weighted by atomic mass is 9.94. The first-order valence-electron chi connectivity index (χ1n) is 8.26. The van der Waals surface area contributed by atoms with Crippen molar-refractivity contribution in [1.29, 1.82) is 0 Å². The molecule has 1 N–H and O–H groups in total. The summed E-state index contributed by atoms with van der Waals surface area (Å²) in [4.78, 5) is 2.52. The molecule has 0 bridgehead atoms. The zero-order valence-corrected chi connectivity index (χ0v) is 13.7. The lowest BCUT2D eigenvalue weighted by Crippen LogP contribution is -2.44. The zero-order chi connectivity index (χ0) is 15.1. The van der Waals surface area contributed by atoms with E-state index in [0.29, 0.717) is 18.0 Å². The third kappa shape index (κ3) is 4.53. The average molecular weight is 290 g/mol. The lowest BCUT2D eigenvalue weighted by Gasteiger charge is -2.37. The van der Waals surface area contributed by atoms with Crippen LogP contribution >= 0.6 is 0 Å². The molecule has 2 rings (SSSR count). The summed E-state index contributed by atoms with van der Waals surface area (Å²) in [5.74, 6) is 0.686. The van der Waals surface area contributed by atoms with Crippen molar-refractivity contribution in [3.8, 4) is 0 Å². The Balaban J connectivity index is 2.02. The van der Waals surface area contributed by atoms with E-state index in [-0.39, 0.29) is 0 Å². The first-order chi connectivity index (χ1) is 10.3. The Morgan fingerprint density at radius 1 is 1.33 bits per heavy atom. The summed E-state index contributed by atoms with van der Waals surface area (Å²) >= 11 is 0. The van der Waals surface area contributed by atoms with Crippen LogP contribution in [0.5, 0.6) is 0 Å². The minimum Gasteiger partial charge on any atom is -0.381 e. The van der Waals surface area contributed by atoms with Crippen molar-refractivity contribution in [3.63, 3.8) is 0 Å². The van der Waals surface area contributed by atoms with E-state index < -0.39 is 0 Å². The van der Waals surface area contributed by atoms with Crippen LogP contribution in [-0.4, -0.2) is 44.8 Å². The zero-order valence-electron chi connectivity index (χ0n) is 13.7. The second-order valence-corrected chi connectivity index (χ2v) is 6.18. The van der Waals surface area contributed by atoms with Crippen LogP contribution in [0.1, 0.15) is 37.8 Å². The van der Waals surface area contributed by atoms with Gasteiger partial charge in [-0.05, 0) is 44.8 Å². The predicted molar refractivity (Wildman–Crippen MR) is 88.5 cm³/mol. The van der Waals surface area contributed by atoms with Crippen LogP contribution in [0.25, 0.3) is 0 Å². The van der Waals surface area contributed by atoms with Crippen LogP contribution in [0, 0.1) is 5.92 Å². The topological polar surface area (TPSA) is 24.5 Å². The molecule has 3 heteroatoms. The van der Waals surface area contributed by atoms with E-state index in [1.54, 1.807) is 0 Å². The summed E-state index contributed by atoms with van der Waals surface area (Å²) in [6.07, 6.45) is 3.66. The van der Waals surface area contributed by atoms with Gasteiger partial charge in [-0.25, -0.2) is 0 Å². The summed E-state index contributed by atoms with van der Waals surface area (Å²) in [7, 11) is 4.33. The van der Waals surface area contributed by atoms with Gasteiger partial charge in [0.25, 0.3) is 0 Å². The van der Waals surface area contributed by atoms with Crippen molar-refractivity contribution in [2.75, 3.05) is 33.9 Å². The van der Waals surface area contributed by atoms with Crippen LogP contribution in [0.4, 0.5) is 0 Å². The summed E-state index contributed by atoms with van der Waals surface area (Å²) < 4.78 is 5.63. The van der Waals surface area contributed by atoms with E-state index >= 15 is 0 Å². The number of ether oxygens (including phenoxy) is 1. The molecule has 0 saturated carbocycles. The highest BCUT2D eigenvalue weighted by atomic mass is 16.5. The van der Waals surface area contributed by atoms with Crippen molar-refractivity contribution >= 4 is 0 Å². The molecule has 1 fully saturated rings. The maximum atomic E-state index is 5.63. The number of rotatable bonds is 7. The van der Waals surface area contributed by atoms with Crippen molar-refractivity contribution in [2.24, 2.45) is 5.92 Å². The fourth-order valence-electron chi connectivity index (χ4n) is 3.54. The third-order valence-corrected chi connectivity index (χ3v) is 4.64. The van der Waals surface area contributed by atoms with Crippen molar-refractivity contribution in [3.05, 3.63) is 35.9 Å². The molecule has 1 aliphatic heterocycles. The van der Waals surface area contributed by atoms with Crippen molar-refractivity contribution in [2.45, 2.75) is 38.3 Å². The van der Waals surface area contributed by atoms with Gasteiger partial charge < -0.3 is 15.0 Å². The first-order valence-corrected chi connectivity index (χ1v) is 8.26. The van der Waals surface area contributed by atoms with Crippen molar-refractivity contribution in [1.82, 2.24) is 10.2 Å². The van der Waals surface area contributed by atoms with Crippen LogP contribution in [0.15, 0.2) is 30.3 Å². The smallest absolute Gasteiger partial charge is 0.0506 e. The fraction of sp³-hybridized carbons (Fsp3) is 0.667. The van der Waals surface area contributed by atoms with Gasteiger partial charge in [0.1, 0.15) is 0 Å². The van der Waals surface area contributed by atoms with Crippen LogP contribution < -0.4 is 5.32 Å². The van der Waals surface area contributed by atoms with Crippen LogP contribution in [0.2, 0.25) is 0 Å². The molecule has 21 heavy (non-hydrogen) atoms. The maximum Gasteiger partial charge on any atom is 0.0506 e. The van der Waals surface area contributed by atoms with E-state index in [0.717, 1.165) is 26.2 Å². The molecule has 0 aromatic heterocycles. The van der Waals surface area contributed by atoms with Gasteiger partial charge in [-0.1, -0.05) is 37.3 Å². The summed E-state index contributed by atoms with van der Waals surface area (Å²) in [5, 5.41) is 3.51. The third-order valence-electron chi connectivity index (χ3n) is 4.64. The Kier molecular flexibility index (Phi) is 6.68. The van der Waals surface area contributed by atoms with Gasteiger partial charge in [-0.3, -0.25) is 0 Å². The van der Waals surface area contributed by atoms with Gasteiger partial charge in [0, 0.05) is 25.2 Å². The van der Waals surface area contributed by atoms with E-state index in [9.17, 15) is 0 Å². The molecule has 3 atom stereocenters. The number of hydrogen-bond acceptors (Lipinski definition) is 3. The predicted octanol–water partition coefficient (Wildman–Crippen LogP) is 3.08. The lowest BCUT2D eigenvalue weighted by molar-refractivity contribution is 0.0327. The highest BCUT2D eigenvalue weighted by Crippen LogP contribution is 2.24. The van der Waals surface area contributed by atoms with Gasteiger partial charge in [0.15, 0.2) is 0 Å². The van der Waals surface area contributed by atoms with Gasteiger partial charge >= 0.3 is 0 Å². The Labute approximate surface area is 129 Å². The minimum absolute atomic E-state index is 0.380. The Morgan fingerprint density at radius 2 is 2.10 bits per heavy atom. The highest BCUT2D eigenvalue weighted by molar-refractivity contribution is 5.20. The molecule has 0 aliphatic carbocycles. The van der Waals surface area contributed by atoms with Gasteiger partial charge in [-0.15, -0.1) is 0 Å². The normalized spacial score (nSPS) is 22.2. The molecular formula is C18H30N2O. The van der Waals surface area contributed by atoms with E-state index in [4.69, 9.17) is 4.74 Å². The Morgan fingerprint density at radius 3 is 2.67 bits per heavy atom. The molecule has 1 heterocycles. The second kappa shape index (κ2) is 8.52. The molecule has 3 unspecified atom stereocenters. The second-order valence-electron chi connectivity index (χ2n) is 6.18. The fourth-order valence-corrected chi connectivity index (χ4v) is 3.54. The number of benzene rings is 1. The van der Waals surface area contributed by atoms with E-state index in [1.807, 2.05) is 0 Å². The number of nitrogens with one attached hydrogen (secondary N) is 1. The molecule has 118 valence electrons. The average Bonchev–Trinajstić information content (AvgIpc) is 2.54. The monoisotopic (exact) mass is 290 g/mol. The van der Waals surface area contributed by atoms with Gasteiger partial charge in [-0.2, -0.15) is 0 Å². The van der Waals surface area contributed by atoms with Gasteiger partial charge in [0.05, 0.1) is 6.61 Å². The first kappa shape index (κ1) is 16.5. The van der Waals surface area contributed by atoms with Crippen LogP contribution in [-0.2, 0) is 4.74 Å². The molecule has 0 amide bonds. The molecule has 0 radical (unpaired) electrons. The van der Waals surface area contributed by atoms with Crippen molar-refractivity contribution < 1.29 is 4.74 Å². The van der Waals surface area contributed by atoms with E-state index in [1.165, 1.54) is 18.4 Å². The highest BCUT2D eigenvalue weighted by Gasteiger charge is 2.26. The number of hydrogen-bond donors (Lipinski definition) is 1. The molecular weight excluding hydrogens is 260 g/mol. The van der Waals surface area contributed by atoms with E-state index in [2.05, 4.69) is 61.6 Å². The molecule has 1 aliphatic rings. The maximum absolute atomic E-state index is 5.63. The molecule has 0 spiro atoms. The van der Waals surface area contributed by atoms with Gasteiger partial charge in [0.2, 0.25) is 0 Å². The largest absolute Gasteiger partial charge is 0.381 e.